The Hall–Kier alpha value is -2.53. The predicted octanol–water partition coefficient (Wildman–Crippen LogP) is 4.42. The number of carbonyl (C=O) groups excluding carboxylic acids is 2. The van der Waals surface area contributed by atoms with Gasteiger partial charge in [0.2, 0.25) is 5.91 Å². The van der Waals surface area contributed by atoms with Gasteiger partial charge < -0.3 is 16.0 Å². The molecule has 25 heavy (non-hydrogen) atoms. The molecule has 0 radical (unpaired) electrons. The molecule has 0 aliphatic heterocycles. The van der Waals surface area contributed by atoms with E-state index in [0.29, 0.717) is 10.7 Å². The second-order valence-corrected chi connectivity index (χ2v) is 6.30. The molecule has 6 heteroatoms. The Bertz CT molecular complexity index is 764. The van der Waals surface area contributed by atoms with Crippen molar-refractivity contribution in [3.05, 3.63) is 64.7 Å². The van der Waals surface area contributed by atoms with Gasteiger partial charge in [-0.1, -0.05) is 41.9 Å². The number of rotatable bonds is 5. The number of amides is 3. The van der Waals surface area contributed by atoms with Crippen LogP contribution in [0, 0.1) is 0 Å². The van der Waals surface area contributed by atoms with E-state index < -0.39 is 0 Å². The van der Waals surface area contributed by atoms with Gasteiger partial charge in [0.1, 0.15) is 0 Å². The molecule has 2 rings (SSSR count). The third-order valence-corrected chi connectivity index (χ3v) is 4.12. The first kappa shape index (κ1) is 18.8. The van der Waals surface area contributed by atoms with Gasteiger partial charge in [-0.3, -0.25) is 4.79 Å². The van der Waals surface area contributed by atoms with Crippen molar-refractivity contribution in [2.75, 3.05) is 5.32 Å². The fraction of sp³-hybridized carbons (Fsp3) is 0.263. The molecule has 0 aromatic heterocycles. The summed E-state index contributed by atoms with van der Waals surface area (Å²) in [5.74, 6) is -0.135. The molecular weight excluding hydrogens is 338 g/mol. The Morgan fingerprint density at radius 3 is 2.32 bits per heavy atom. The van der Waals surface area contributed by atoms with E-state index in [0.717, 1.165) is 11.1 Å². The van der Waals surface area contributed by atoms with Crippen LogP contribution >= 0.6 is 11.6 Å². The van der Waals surface area contributed by atoms with Crippen LogP contribution in [0.4, 0.5) is 10.5 Å². The van der Waals surface area contributed by atoms with E-state index >= 15 is 0 Å². The van der Waals surface area contributed by atoms with Crippen LogP contribution < -0.4 is 16.0 Å². The minimum absolute atomic E-state index is 0.135. The Kier molecular flexibility index (Phi) is 6.42. The summed E-state index contributed by atoms with van der Waals surface area (Å²) in [5, 5.41) is 9.12. The molecular formula is C19H22ClN3O2. The van der Waals surface area contributed by atoms with E-state index in [2.05, 4.69) is 16.0 Å². The molecule has 0 aliphatic carbocycles. The highest BCUT2D eigenvalue weighted by atomic mass is 35.5. The minimum atomic E-state index is -0.287. The molecule has 0 saturated heterocycles. The number of carbonyl (C=O) groups is 2. The molecule has 3 N–H and O–H groups in total. The lowest BCUT2D eigenvalue weighted by Gasteiger charge is -2.20. The van der Waals surface area contributed by atoms with Crippen molar-refractivity contribution in [3.63, 3.8) is 0 Å². The van der Waals surface area contributed by atoms with E-state index in [1.807, 2.05) is 50.2 Å². The zero-order valence-electron chi connectivity index (χ0n) is 14.5. The van der Waals surface area contributed by atoms with E-state index in [-0.39, 0.29) is 24.0 Å². The minimum Gasteiger partial charge on any atom is -0.332 e. The average Bonchev–Trinajstić information content (AvgIpc) is 2.54. The molecule has 0 fully saturated rings. The summed E-state index contributed by atoms with van der Waals surface area (Å²) in [4.78, 5) is 23.4. The fourth-order valence-electron chi connectivity index (χ4n) is 2.51. The summed E-state index contributed by atoms with van der Waals surface area (Å²) >= 11 is 6.16. The first-order chi connectivity index (χ1) is 11.9. The summed E-state index contributed by atoms with van der Waals surface area (Å²) in [6.07, 6.45) is 0. The van der Waals surface area contributed by atoms with Gasteiger partial charge >= 0.3 is 6.03 Å². The van der Waals surface area contributed by atoms with E-state index in [1.165, 1.54) is 6.92 Å². The molecule has 2 aromatic carbocycles. The maximum Gasteiger partial charge on any atom is 0.315 e. The van der Waals surface area contributed by atoms with Gasteiger partial charge in [-0.05, 0) is 43.2 Å². The molecule has 0 bridgehead atoms. The van der Waals surface area contributed by atoms with Crippen LogP contribution in [0.25, 0.3) is 0 Å². The molecule has 2 atom stereocenters. The summed E-state index contributed by atoms with van der Waals surface area (Å²) in [7, 11) is 0. The molecule has 0 unspecified atom stereocenters. The standard InChI is InChI=1S/C19H22ClN3O2/c1-12(15-7-6-8-16(11-15)23-14(3)24)21-19(25)22-13(2)17-9-4-5-10-18(17)20/h4-13H,1-3H3,(H,23,24)(H2,21,22,25)/t12-,13+/m0/s1. The number of hydrogen-bond acceptors (Lipinski definition) is 2. The second-order valence-electron chi connectivity index (χ2n) is 5.89. The maximum atomic E-state index is 12.2. The summed E-state index contributed by atoms with van der Waals surface area (Å²) in [6, 6.07) is 14.1. The third-order valence-electron chi connectivity index (χ3n) is 3.77. The van der Waals surface area contributed by atoms with Crippen molar-refractivity contribution in [2.45, 2.75) is 32.9 Å². The van der Waals surface area contributed by atoms with Crippen molar-refractivity contribution in [3.8, 4) is 0 Å². The highest BCUT2D eigenvalue weighted by molar-refractivity contribution is 6.31. The second kappa shape index (κ2) is 8.53. The topological polar surface area (TPSA) is 70.2 Å². The summed E-state index contributed by atoms with van der Waals surface area (Å²) in [5.41, 5.74) is 2.45. The number of anilines is 1. The van der Waals surface area contributed by atoms with Gasteiger partial charge in [-0.25, -0.2) is 4.79 Å². The monoisotopic (exact) mass is 359 g/mol. The van der Waals surface area contributed by atoms with Gasteiger partial charge in [0, 0.05) is 17.6 Å². The fourth-order valence-corrected chi connectivity index (χ4v) is 2.81. The van der Waals surface area contributed by atoms with Gasteiger partial charge in [0.05, 0.1) is 12.1 Å². The Balaban J connectivity index is 1.98. The molecule has 0 heterocycles. The molecule has 2 aromatic rings. The van der Waals surface area contributed by atoms with Crippen molar-refractivity contribution in [1.29, 1.82) is 0 Å². The number of benzene rings is 2. The molecule has 0 spiro atoms. The molecule has 0 aliphatic rings. The molecule has 132 valence electrons. The quantitative estimate of drug-likeness (QED) is 0.739. The van der Waals surface area contributed by atoms with E-state index in [9.17, 15) is 9.59 Å². The SMILES string of the molecule is CC(=O)Nc1cccc([C@H](C)NC(=O)N[C@H](C)c2ccccc2Cl)c1. The van der Waals surface area contributed by atoms with Crippen LogP contribution in [0.1, 0.15) is 44.0 Å². The maximum absolute atomic E-state index is 12.2. The average molecular weight is 360 g/mol. The first-order valence-electron chi connectivity index (χ1n) is 8.06. The van der Waals surface area contributed by atoms with Gasteiger partial charge in [0.25, 0.3) is 0 Å². The zero-order chi connectivity index (χ0) is 18.4. The number of hydrogen-bond donors (Lipinski definition) is 3. The van der Waals surface area contributed by atoms with E-state index in [4.69, 9.17) is 11.6 Å². The zero-order valence-corrected chi connectivity index (χ0v) is 15.2. The third kappa shape index (κ3) is 5.50. The molecule has 3 amide bonds. The largest absolute Gasteiger partial charge is 0.332 e. The van der Waals surface area contributed by atoms with E-state index in [1.54, 1.807) is 12.1 Å². The van der Waals surface area contributed by atoms with Crippen molar-refractivity contribution < 1.29 is 9.59 Å². The predicted molar refractivity (Wildman–Crippen MR) is 101 cm³/mol. The lowest BCUT2D eigenvalue weighted by atomic mass is 10.1. The van der Waals surface area contributed by atoms with Crippen molar-refractivity contribution in [1.82, 2.24) is 10.6 Å². The Morgan fingerprint density at radius 1 is 0.960 bits per heavy atom. The highest BCUT2D eigenvalue weighted by Gasteiger charge is 2.15. The van der Waals surface area contributed by atoms with Crippen LogP contribution in [0.3, 0.4) is 0 Å². The smallest absolute Gasteiger partial charge is 0.315 e. The number of urea groups is 1. The summed E-state index contributed by atoms with van der Waals surface area (Å²) < 4.78 is 0. The summed E-state index contributed by atoms with van der Waals surface area (Å²) in [6.45, 7) is 5.22. The lowest BCUT2D eigenvalue weighted by Crippen LogP contribution is -2.38. The van der Waals surface area contributed by atoms with Crippen molar-refractivity contribution >= 4 is 29.2 Å². The number of halogens is 1. The van der Waals surface area contributed by atoms with Crippen LogP contribution in [0.5, 0.6) is 0 Å². The number of nitrogens with one attached hydrogen (secondary N) is 3. The first-order valence-corrected chi connectivity index (χ1v) is 8.43. The molecule has 5 nitrogen and oxygen atoms in total. The van der Waals surface area contributed by atoms with Gasteiger partial charge in [-0.2, -0.15) is 0 Å². The van der Waals surface area contributed by atoms with Crippen LogP contribution in [0.2, 0.25) is 5.02 Å². The highest BCUT2D eigenvalue weighted by Crippen LogP contribution is 2.22. The van der Waals surface area contributed by atoms with Crippen LogP contribution in [0.15, 0.2) is 48.5 Å². The lowest BCUT2D eigenvalue weighted by molar-refractivity contribution is -0.114. The van der Waals surface area contributed by atoms with Gasteiger partial charge in [0.15, 0.2) is 0 Å². The molecule has 0 saturated carbocycles. The van der Waals surface area contributed by atoms with Crippen molar-refractivity contribution in [2.24, 2.45) is 0 Å². The van der Waals surface area contributed by atoms with Crippen LogP contribution in [-0.4, -0.2) is 11.9 Å². The normalized spacial score (nSPS) is 12.8. The Morgan fingerprint density at radius 2 is 1.64 bits per heavy atom. The van der Waals surface area contributed by atoms with Crippen LogP contribution in [-0.2, 0) is 4.79 Å². The Labute approximate surface area is 152 Å². The van der Waals surface area contributed by atoms with Gasteiger partial charge in [-0.15, -0.1) is 0 Å².